The second kappa shape index (κ2) is 8.14. The molecule has 5 nitrogen and oxygen atoms in total. The number of methoxy groups -OCH3 is 2. The van der Waals surface area contributed by atoms with Crippen LogP contribution in [0.5, 0.6) is 11.5 Å². The van der Waals surface area contributed by atoms with Gasteiger partial charge in [0.25, 0.3) is 0 Å². The summed E-state index contributed by atoms with van der Waals surface area (Å²) in [5.41, 5.74) is 5.66. The fraction of sp³-hybridized carbons (Fsp3) is 0.176. The maximum absolute atomic E-state index is 5.31. The van der Waals surface area contributed by atoms with Gasteiger partial charge in [0.1, 0.15) is 11.5 Å². The summed E-state index contributed by atoms with van der Waals surface area (Å²) in [7, 11) is 3.21. The van der Waals surface area contributed by atoms with Crippen LogP contribution in [-0.2, 0) is 0 Å². The van der Waals surface area contributed by atoms with Crippen LogP contribution in [0.1, 0.15) is 11.1 Å². The van der Waals surface area contributed by atoms with Crippen LogP contribution in [0.25, 0.3) is 0 Å². The van der Waals surface area contributed by atoms with Crippen molar-refractivity contribution in [1.29, 1.82) is 0 Å². The number of para-hydroxylation sites is 1. The molecule has 0 aromatic heterocycles. The van der Waals surface area contributed by atoms with Gasteiger partial charge in [-0.1, -0.05) is 18.2 Å². The number of thiocarbonyl (C=S) groups is 1. The second-order valence-corrected chi connectivity index (χ2v) is 5.16. The fourth-order valence-corrected chi connectivity index (χ4v) is 2.11. The monoisotopic (exact) mass is 329 g/mol. The zero-order chi connectivity index (χ0) is 16.7. The Hall–Kier alpha value is -2.60. The third-order valence-electron chi connectivity index (χ3n) is 3.20. The molecule has 0 saturated carbocycles. The number of aryl methyl sites for hydroxylation is 1. The van der Waals surface area contributed by atoms with Gasteiger partial charge < -0.3 is 14.8 Å². The van der Waals surface area contributed by atoms with Crippen LogP contribution in [-0.4, -0.2) is 25.5 Å². The third-order valence-corrected chi connectivity index (χ3v) is 3.40. The third kappa shape index (κ3) is 4.69. The van der Waals surface area contributed by atoms with Crippen molar-refractivity contribution < 1.29 is 9.47 Å². The molecule has 0 bridgehead atoms. The number of hydrogen-bond acceptors (Lipinski definition) is 4. The molecule has 2 aromatic rings. The van der Waals surface area contributed by atoms with Crippen molar-refractivity contribution >= 4 is 29.2 Å². The summed E-state index contributed by atoms with van der Waals surface area (Å²) in [5, 5.41) is 7.65. The molecule has 120 valence electrons. The van der Waals surface area contributed by atoms with Gasteiger partial charge in [0.2, 0.25) is 0 Å². The minimum Gasteiger partial charge on any atom is -0.497 e. The van der Waals surface area contributed by atoms with E-state index in [0.717, 1.165) is 22.6 Å². The average Bonchev–Trinajstić information content (AvgIpc) is 2.57. The SMILES string of the molecule is COc1ccc(/C=N\NC(=S)Nc2ccccc2C)c(OC)c1. The maximum Gasteiger partial charge on any atom is 0.191 e. The quantitative estimate of drug-likeness (QED) is 0.501. The first-order valence-corrected chi connectivity index (χ1v) is 7.42. The van der Waals surface area contributed by atoms with E-state index in [9.17, 15) is 0 Å². The summed E-state index contributed by atoms with van der Waals surface area (Å²) in [6, 6.07) is 13.4. The zero-order valence-electron chi connectivity index (χ0n) is 13.3. The Kier molecular flexibility index (Phi) is 5.94. The van der Waals surface area contributed by atoms with E-state index < -0.39 is 0 Å². The number of hydrogen-bond donors (Lipinski definition) is 2. The smallest absolute Gasteiger partial charge is 0.191 e. The van der Waals surface area contributed by atoms with Crippen LogP contribution in [0, 0.1) is 6.92 Å². The van der Waals surface area contributed by atoms with E-state index >= 15 is 0 Å². The highest BCUT2D eigenvalue weighted by molar-refractivity contribution is 7.80. The van der Waals surface area contributed by atoms with E-state index in [1.54, 1.807) is 26.5 Å². The Bertz CT molecular complexity index is 717. The van der Waals surface area contributed by atoms with E-state index in [1.807, 2.05) is 43.3 Å². The van der Waals surface area contributed by atoms with E-state index in [4.69, 9.17) is 21.7 Å². The molecule has 0 saturated heterocycles. The molecule has 0 aliphatic rings. The molecular weight excluding hydrogens is 310 g/mol. The number of ether oxygens (including phenoxy) is 2. The Morgan fingerprint density at radius 2 is 1.91 bits per heavy atom. The number of nitrogens with zero attached hydrogens (tertiary/aromatic N) is 1. The maximum atomic E-state index is 5.31. The average molecular weight is 329 g/mol. The van der Waals surface area contributed by atoms with Crippen molar-refractivity contribution in [2.75, 3.05) is 19.5 Å². The fourth-order valence-electron chi connectivity index (χ4n) is 1.95. The van der Waals surface area contributed by atoms with Gasteiger partial charge >= 0.3 is 0 Å². The zero-order valence-corrected chi connectivity index (χ0v) is 14.1. The summed E-state index contributed by atoms with van der Waals surface area (Å²) in [4.78, 5) is 0. The molecule has 23 heavy (non-hydrogen) atoms. The first kappa shape index (κ1) is 16.8. The summed E-state index contributed by atoms with van der Waals surface area (Å²) in [6.45, 7) is 2.01. The van der Waals surface area contributed by atoms with Crippen LogP contribution in [0.4, 0.5) is 5.69 Å². The van der Waals surface area contributed by atoms with Gasteiger partial charge in [-0.25, -0.2) is 0 Å². The Balaban J connectivity index is 1.99. The molecule has 0 fully saturated rings. The lowest BCUT2D eigenvalue weighted by Crippen LogP contribution is -2.24. The molecule has 6 heteroatoms. The first-order valence-electron chi connectivity index (χ1n) is 7.01. The van der Waals surface area contributed by atoms with Gasteiger partial charge in [-0.3, -0.25) is 5.43 Å². The number of hydrazone groups is 1. The minimum atomic E-state index is 0.419. The molecule has 0 unspecified atom stereocenters. The number of rotatable bonds is 5. The highest BCUT2D eigenvalue weighted by atomic mass is 32.1. The molecule has 0 heterocycles. The van der Waals surface area contributed by atoms with Gasteiger partial charge in [0.05, 0.1) is 20.4 Å². The number of benzene rings is 2. The summed E-state index contributed by atoms with van der Waals surface area (Å²) in [5.74, 6) is 1.40. The molecule has 0 aliphatic carbocycles. The van der Waals surface area contributed by atoms with Crippen LogP contribution in [0.15, 0.2) is 47.6 Å². The molecule has 2 aromatic carbocycles. The Morgan fingerprint density at radius 1 is 1.13 bits per heavy atom. The molecule has 0 atom stereocenters. The molecule has 0 aliphatic heterocycles. The molecular formula is C17H19N3O2S. The Morgan fingerprint density at radius 3 is 2.61 bits per heavy atom. The lowest BCUT2D eigenvalue weighted by atomic mass is 10.2. The van der Waals surface area contributed by atoms with Gasteiger partial charge in [-0.05, 0) is 42.9 Å². The standard InChI is InChI=1S/C17H19N3O2S/c1-12-6-4-5-7-15(12)19-17(23)20-18-11-13-8-9-14(21-2)10-16(13)22-3/h4-11H,1-3H3,(H2,19,20,23)/b18-11-. The van der Waals surface area contributed by atoms with Gasteiger partial charge in [-0.2, -0.15) is 5.10 Å². The Labute approximate surface area is 141 Å². The molecule has 2 rings (SSSR count). The van der Waals surface area contributed by atoms with E-state index in [2.05, 4.69) is 15.8 Å². The van der Waals surface area contributed by atoms with E-state index in [0.29, 0.717) is 10.9 Å². The van der Waals surface area contributed by atoms with Crippen molar-refractivity contribution in [2.24, 2.45) is 5.10 Å². The van der Waals surface area contributed by atoms with Gasteiger partial charge in [-0.15, -0.1) is 0 Å². The number of anilines is 1. The molecule has 0 spiro atoms. The predicted molar refractivity (Wildman–Crippen MR) is 97.7 cm³/mol. The number of nitrogens with one attached hydrogen (secondary N) is 2. The van der Waals surface area contributed by atoms with Crippen molar-refractivity contribution in [3.8, 4) is 11.5 Å². The lowest BCUT2D eigenvalue weighted by molar-refractivity contribution is 0.394. The molecule has 2 N–H and O–H groups in total. The predicted octanol–water partition coefficient (Wildman–Crippen LogP) is 3.33. The van der Waals surface area contributed by atoms with Gasteiger partial charge in [0.15, 0.2) is 5.11 Å². The first-order chi connectivity index (χ1) is 11.1. The molecule has 0 radical (unpaired) electrons. The van der Waals surface area contributed by atoms with Crippen molar-refractivity contribution in [2.45, 2.75) is 6.92 Å². The molecule has 0 amide bonds. The highest BCUT2D eigenvalue weighted by Crippen LogP contribution is 2.23. The second-order valence-electron chi connectivity index (χ2n) is 4.75. The summed E-state index contributed by atoms with van der Waals surface area (Å²) in [6.07, 6.45) is 1.64. The summed E-state index contributed by atoms with van der Waals surface area (Å²) >= 11 is 5.22. The van der Waals surface area contributed by atoms with Crippen molar-refractivity contribution in [3.63, 3.8) is 0 Å². The summed E-state index contributed by atoms with van der Waals surface area (Å²) < 4.78 is 10.5. The van der Waals surface area contributed by atoms with Crippen LogP contribution in [0.3, 0.4) is 0 Å². The highest BCUT2D eigenvalue weighted by Gasteiger charge is 2.03. The van der Waals surface area contributed by atoms with Crippen LogP contribution < -0.4 is 20.2 Å². The van der Waals surface area contributed by atoms with Crippen molar-refractivity contribution in [1.82, 2.24) is 5.43 Å². The normalized spacial score (nSPS) is 10.4. The topological polar surface area (TPSA) is 54.9 Å². The van der Waals surface area contributed by atoms with E-state index in [-0.39, 0.29) is 0 Å². The lowest BCUT2D eigenvalue weighted by Gasteiger charge is -2.10. The van der Waals surface area contributed by atoms with Crippen LogP contribution in [0.2, 0.25) is 0 Å². The van der Waals surface area contributed by atoms with E-state index in [1.165, 1.54) is 0 Å². The van der Waals surface area contributed by atoms with Gasteiger partial charge in [0, 0.05) is 17.3 Å². The minimum absolute atomic E-state index is 0.419. The van der Waals surface area contributed by atoms with Crippen LogP contribution >= 0.6 is 12.2 Å². The largest absolute Gasteiger partial charge is 0.497 e. The van der Waals surface area contributed by atoms with Crippen molar-refractivity contribution in [3.05, 3.63) is 53.6 Å².